The Balaban J connectivity index is 1.47. The summed E-state index contributed by atoms with van der Waals surface area (Å²) in [7, 11) is 0. The molecular formula is C24H27N3O4. The summed E-state index contributed by atoms with van der Waals surface area (Å²) in [6.45, 7) is 8.25. The Hall–Kier alpha value is -3.48. The fourth-order valence-corrected chi connectivity index (χ4v) is 3.60. The molecule has 31 heavy (non-hydrogen) atoms. The molecule has 7 nitrogen and oxygen atoms in total. The molecule has 0 N–H and O–H groups in total. The zero-order chi connectivity index (χ0) is 22.4. The second kappa shape index (κ2) is 10.0. The number of carbonyl (C=O) groups is 3. The van der Waals surface area contributed by atoms with Crippen LogP contribution in [0.4, 0.5) is 0 Å². The summed E-state index contributed by atoms with van der Waals surface area (Å²) in [5.74, 6) is -1.07. The van der Waals surface area contributed by atoms with E-state index in [2.05, 4.69) is 11.7 Å². The van der Waals surface area contributed by atoms with Gasteiger partial charge < -0.3 is 9.30 Å². The van der Waals surface area contributed by atoms with Crippen molar-refractivity contribution < 1.29 is 19.1 Å². The highest BCUT2D eigenvalue weighted by Gasteiger charge is 2.23. The maximum atomic E-state index is 12.4. The first-order valence-corrected chi connectivity index (χ1v) is 10.3. The molecular weight excluding hydrogens is 394 g/mol. The minimum absolute atomic E-state index is 0.00750. The van der Waals surface area contributed by atoms with Crippen LogP contribution in [0, 0.1) is 13.8 Å². The number of hydrazone groups is 1. The Bertz CT molecular complexity index is 1020. The molecule has 0 unspecified atom stereocenters. The van der Waals surface area contributed by atoms with E-state index in [1.807, 2.05) is 48.7 Å². The van der Waals surface area contributed by atoms with Gasteiger partial charge in [0.05, 0.1) is 18.7 Å². The van der Waals surface area contributed by atoms with Gasteiger partial charge >= 0.3 is 5.97 Å². The number of esters is 1. The number of ether oxygens (including phenoxy) is 1. The van der Waals surface area contributed by atoms with E-state index < -0.39 is 5.97 Å². The molecule has 0 fully saturated rings. The molecule has 2 heterocycles. The van der Waals surface area contributed by atoms with Crippen LogP contribution in [-0.2, 0) is 20.9 Å². The summed E-state index contributed by atoms with van der Waals surface area (Å²) in [6, 6.07) is 11.5. The van der Waals surface area contributed by atoms with Crippen LogP contribution in [0.25, 0.3) is 0 Å². The lowest BCUT2D eigenvalue weighted by Crippen LogP contribution is -2.24. The van der Waals surface area contributed by atoms with Crippen molar-refractivity contribution >= 4 is 23.4 Å². The first-order chi connectivity index (χ1) is 14.9. The van der Waals surface area contributed by atoms with Gasteiger partial charge in [0.2, 0.25) is 11.7 Å². The Morgan fingerprint density at radius 3 is 2.61 bits per heavy atom. The smallest absolute Gasteiger partial charge is 0.306 e. The normalized spacial score (nSPS) is 13.1. The van der Waals surface area contributed by atoms with Crippen LogP contribution in [0.2, 0.25) is 0 Å². The van der Waals surface area contributed by atoms with Crippen molar-refractivity contribution in [2.45, 2.75) is 39.7 Å². The Morgan fingerprint density at radius 1 is 1.16 bits per heavy atom. The van der Waals surface area contributed by atoms with Crippen LogP contribution in [0.5, 0.6) is 0 Å². The zero-order valence-corrected chi connectivity index (χ0v) is 18.0. The van der Waals surface area contributed by atoms with Gasteiger partial charge in [0.15, 0.2) is 6.61 Å². The number of carbonyl (C=O) groups excluding carboxylic acids is 3. The maximum absolute atomic E-state index is 12.4. The van der Waals surface area contributed by atoms with Crippen molar-refractivity contribution in [2.24, 2.45) is 5.10 Å². The van der Waals surface area contributed by atoms with Gasteiger partial charge in [0, 0.05) is 36.3 Å². The summed E-state index contributed by atoms with van der Waals surface area (Å²) >= 11 is 0. The minimum Gasteiger partial charge on any atom is -0.457 e. The van der Waals surface area contributed by atoms with Gasteiger partial charge in [-0.15, -0.1) is 6.58 Å². The lowest BCUT2D eigenvalue weighted by Gasteiger charge is -2.11. The van der Waals surface area contributed by atoms with Crippen molar-refractivity contribution in [1.82, 2.24) is 9.58 Å². The Labute approximate surface area is 182 Å². The quantitative estimate of drug-likeness (QED) is 0.353. The van der Waals surface area contributed by atoms with E-state index in [1.54, 1.807) is 12.1 Å². The molecule has 0 saturated carbocycles. The highest BCUT2D eigenvalue weighted by Crippen LogP contribution is 2.17. The van der Waals surface area contributed by atoms with Crippen LogP contribution < -0.4 is 0 Å². The molecule has 3 rings (SSSR count). The number of nitrogens with zero attached hydrogens (tertiary/aromatic N) is 3. The summed E-state index contributed by atoms with van der Waals surface area (Å²) < 4.78 is 7.07. The van der Waals surface area contributed by atoms with Crippen LogP contribution in [0.15, 0.2) is 54.2 Å². The van der Waals surface area contributed by atoms with Crippen molar-refractivity contribution in [2.75, 3.05) is 13.2 Å². The second-order valence-electron chi connectivity index (χ2n) is 7.45. The lowest BCUT2D eigenvalue weighted by atomic mass is 10.1. The minimum atomic E-state index is -0.576. The predicted octanol–water partition coefficient (Wildman–Crippen LogP) is 3.43. The van der Waals surface area contributed by atoms with Crippen molar-refractivity contribution in [1.29, 1.82) is 0 Å². The fourth-order valence-electron chi connectivity index (χ4n) is 3.60. The van der Waals surface area contributed by atoms with Gasteiger partial charge in [-0.05, 0) is 25.5 Å². The number of hydrogen-bond donors (Lipinski definition) is 0. The van der Waals surface area contributed by atoms with Crippen LogP contribution >= 0.6 is 0 Å². The summed E-state index contributed by atoms with van der Waals surface area (Å²) in [4.78, 5) is 36.9. The van der Waals surface area contributed by atoms with Gasteiger partial charge in [-0.25, -0.2) is 5.01 Å². The van der Waals surface area contributed by atoms with Crippen LogP contribution in [0.3, 0.4) is 0 Å². The number of amides is 1. The number of Topliss-reactive ketones (excluding diaryl/α,β-unsaturated/α-hetero) is 1. The van der Waals surface area contributed by atoms with E-state index in [4.69, 9.17) is 4.74 Å². The first-order valence-electron chi connectivity index (χ1n) is 10.3. The van der Waals surface area contributed by atoms with Crippen molar-refractivity contribution in [3.05, 3.63) is 71.6 Å². The van der Waals surface area contributed by atoms with Crippen molar-refractivity contribution in [3.8, 4) is 0 Å². The third-order valence-corrected chi connectivity index (χ3v) is 5.29. The molecule has 1 aliphatic heterocycles. The number of hydrogen-bond acceptors (Lipinski definition) is 5. The summed E-state index contributed by atoms with van der Waals surface area (Å²) in [5.41, 5.74) is 4.14. The molecule has 7 heteroatoms. The van der Waals surface area contributed by atoms with Crippen LogP contribution in [-0.4, -0.2) is 46.1 Å². The zero-order valence-electron chi connectivity index (χ0n) is 18.0. The van der Waals surface area contributed by atoms with E-state index in [0.717, 1.165) is 22.7 Å². The van der Waals surface area contributed by atoms with E-state index in [9.17, 15) is 14.4 Å². The molecule has 162 valence electrons. The van der Waals surface area contributed by atoms with Crippen molar-refractivity contribution in [3.63, 3.8) is 0 Å². The van der Waals surface area contributed by atoms with Crippen LogP contribution in [0.1, 0.15) is 46.6 Å². The second-order valence-corrected chi connectivity index (χ2v) is 7.45. The Kier molecular flexibility index (Phi) is 7.18. The van der Waals surface area contributed by atoms with E-state index >= 15 is 0 Å². The topological polar surface area (TPSA) is 81.0 Å². The lowest BCUT2D eigenvalue weighted by molar-refractivity contribution is -0.145. The van der Waals surface area contributed by atoms with E-state index in [1.165, 1.54) is 5.01 Å². The number of ketones is 1. The first kappa shape index (κ1) is 22.2. The molecule has 0 radical (unpaired) electrons. The molecule has 0 bridgehead atoms. The van der Waals surface area contributed by atoms with Gasteiger partial charge in [0.25, 0.3) is 0 Å². The third kappa shape index (κ3) is 5.36. The van der Waals surface area contributed by atoms with Gasteiger partial charge in [-0.3, -0.25) is 14.4 Å². The Morgan fingerprint density at radius 2 is 1.90 bits per heavy atom. The molecule has 0 atom stereocenters. The average molecular weight is 421 g/mol. The SMILES string of the molecule is C=CCn1c(C)cc(C(=O)COC(=O)CCC(=O)N2CCC(c3ccccc3)=N2)c1C. The molecule has 0 aliphatic carbocycles. The highest BCUT2D eigenvalue weighted by molar-refractivity contribution is 6.02. The van der Waals surface area contributed by atoms with E-state index in [0.29, 0.717) is 25.1 Å². The van der Waals surface area contributed by atoms with Gasteiger partial charge in [0.1, 0.15) is 0 Å². The standard InChI is InChI=1S/C24H27N3O4/c1-4-13-26-17(2)15-20(18(26)3)22(28)16-31-24(30)11-10-23(29)27-14-12-21(25-27)19-8-6-5-7-9-19/h4-9,15H,1,10-14,16H2,2-3H3. The van der Waals surface area contributed by atoms with Gasteiger partial charge in [-0.2, -0.15) is 5.10 Å². The summed E-state index contributed by atoms with van der Waals surface area (Å²) in [6.07, 6.45) is 2.35. The molecule has 1 aromatic carbocycles. The molecule has 1 amide bonds. The maximum Gasteiger partial charge on any atom is 0.306 e. The monoisotopic (exact) mass is 421 g/mol. The molecule has 1 aromatic heterocycles. The average Bonchev–Trinajstić information content (AvgIpc) is 3.38. The molecule has 2 aromatic rings. The number of rotatable bonds is 9. The number of aromatic nitrogens is 1. The molecule has 0 spiro atoms. The predicted molar refractivity (Wildman–Crippen MR) is 118 cm³/mol. The van der Waals surface area contributed by atoms with E-state index in [-0.39, 0.29) is 31.1 Å². The number of benzene rings is 1. The molecule has 1 aliphatic rings. The largest absolute Gasteiger partial charge is 0.457 e. The number of aryl methyl sites for hydroxylation is 1. The molecule has 0 saturated heterocycles. The van der Waals surface area contributed by atoms with Gasteiger partial charge in [-0.1, -0.05) is 36.4 Å². The fraction of sp³-hybridized carbons (Fsp3) is 0.333. The summed E-state index contributed by atoms with van der Waals surface area (Å²) in [5, 5.41) is 5.77. The third-order valence-electron chi connectivity index (χ3n) is 5.29. The number of allylic oxidation sites excluding steroid dienone is 1. The highest BCUT2D eigenvalue weighted by atomic mass is 16.5.